The van der Waals surface area contributed by atoms with E-state index < -0.39 is 0 Å². The zero-order valence-electron chi connectivity index (χ0n) is 8.71. The standard InChI is InChI=1S/C13H7NS3/c14-7-10(11-2-1-4-15-11)6-12-13-9(8-17-12)3-5-16-13/h1-6,8H/b10-6+. The Morgan fingerprint density at radius 2 is 2.12 bits per heavy atom. The Hall–Kier alpha value is -1.41. The normalized spacial score (nSPS) is 11.8. The van der Waals surface area contributed by atoms with Gasteiger partial charge in [0.05, 0.1) is 10.3 Å². The highest BCUT2D eigenvalue weighted by Crippen LogP contribution is 2.33. The molecule has 82 valence electrons. The van der Waals surface area contributed by atoms with Crippen LogP contribution in [0.5, 0.6) is 0 Å². The van der Waals surface area contributed by atoms with Crippen molar-refractivity contribution in [3.8, 4) is 6.07 Å². The fourth-order valence-electron chi connectivity index (χ4n) is 1.61. The molecule has 0 aliphatic carbocycles. The van der Waals surface area contributed by atoms with Gasteiger partial charge in [0.25, 0.3) is 0 Å². The van der Waals surface area contributed by atoms with Gasteiger partial charge in [-0.3, -0.25) is 0 Å². The summed E-state index contributed by atoms with van der Waals surface area (Å²) in [5.74, 6) is 0. The van der Waals surface area contributed by atoms with Gasteiger partial charge in [-0.05, 0) is 29.0 Å². The number of thiophene rings is 3. The van der Waals surface area contributed by atoms with Crippen LogP contribution in [-0.2, 0) is 0 Å². The zero-order chi connectivity index (χ0) is 11.7. The van der Waals surface area contributed by atoms with E-state index in [0.717, 1.165) is 10.5 Å². The lowest BCUT2D eigenvalue weighted by molar-refractivity contribution is 1.54. The van der Waals surface area contributed by atoms with Crippen molar-refractivity contribution in [2.24, 2.45) is 0 Å². The minimum Gasteiger partial charge on any atom is -0.192 e. The van der Waals surface area contributed by atoms with Gasteiger partial charge in [0.2, 0.25) is 0 Å². The topological polar surface area (TPSA) is 23.8 Å². The summed E-state index contributed by atoms with van der Waals surface area (Å²) in [6.07, 6.45) is 2.00. The molecule has 0 N–H and O–H groups in total. The molecule has 0 saturated heterocycles. The maximum absolute atomic E-state index is 9.22. The largest absolute Gasteiger partial charge is 0.192 e. The molecular formula is C13H7NS3. The third-order valence-electron chi connectivity index (χ3n) is 2.41. The summed E-state index contributed by atoms with van der Waals surface area (Å²) >= 11 is 5.03. The van der Waals surface area contributed by atoms with Gasteiger partial charge >= 0.3 is 0 Å². The Labute approximate surface area is 111 Å². The summed E-state index contributed by atoms with van der Waals surface area (Å²) < 4.78 is 1.28. The molecule has 0 spiro atoms. The molecule has 0 bridgehead atoms. The number of fused-ring (bicyclic) bond motifs is 1. The number of rotatable bonds is 2. The lowest BCUT2D eigenvalue weighted by atomic mass is 10.2. The van der Waals surface area contributed by atoms with E-state index in [4.69, 9.17) is 0 Å². The first-order chi connectivity index (χ1) is 8.38. The van der Waals surface area contributed by atoms with Gasteiger partial charge < -0.3 is 0 Å². The van der Waals surface area contributed by atoms with E-state index >= 15 is 0 Å². The van der Waals surface area contributed by atoms with Crippen molar-refractivity contribution in [3.05, 3.63) is 44.1 Å². The van der Waals surface area contributed by atoms with Gasteiger partial charge in [-0.15, -0.1) is 34.0 Å². The van der Waals surface area contributed by atoms with Crippen molar-refractivity contribution in [2.75, 3.05) is 0 Å². The van der Waals surface area contributed by atoms with E-state index in [0.29, 0.717) is 0 Å². The molecule has 0 radical (unpaired) electrons. The van der Waals surface area contributed by atoms with Crippen LogP contribution in [0.2, 0.25) is 0 Å². The molecule has 3 aromatic heterocycles. The first-order valence-electron chi connectivity index (χ1n) is 4.99. The average Bonchev–Trinajstić information content (AvgIpc) is 3.04. The van der Waals surface area contributed by atoms with Crippen LogP contribution in [0, 0.1) is 11.3 Å². The third-order valence-corrected chi connectivity index (χ3v) is 5.36. The summed E-state index contributed by atoms with van der Waals surface area (Å²) in [6.45, 7) is 0. The fraction of sp³-hybridized carbons (Fsp3) is 0. The molecule has 3 rings (SSSR count). The van der Waals surface area contributed by atoms with E-state index in [9.17, 15) is 5.26 Å². The fourth-order valence-corrected chi connectivity index (χ4v) is 4.32. The highest BCUT2D eigenvalue weighted by Gasteiger charge is 2.06. The van der Waals surface area contributed by atoms with E-state index in [1.54, 1.807) is 34.0 Å². The van der Waals surface area contributed by atoms with Crippen LogP contribution in [0.15, 0.2) is 34.3 Å². The van der Waals surface area contributed by atoms with E-state index in [1.807, 2.05) is 23.6 Å². The number of nitriles is 1. The van der Waals surface area contributed by atoms with Crippen molar-refractivity contribution < 1.29 is 0 Å². The molecular weight excluding hydrogens is 266 g/mol. The Morgan fingerprint density at radius 1 is 1.18 bits per heavy atom. The van der Waals surface area contributed by atoms with Crippen LogP contribution >= 0.6 is 34.0 Å². The van der Waals surface area contributed by atoms with Crippen molar-refractivity contribution in [1.29, 1.82) is 5.26 Å². The van der Waals surface area contributed by atoms with Crippen LogP contribution in [0.4, 0.5) is 0 Å². The lowest BCUT2D eigenvalue weighted by Crippen LogP contribution is -1.73. The minimum absolute atomic E-state index is 0.747. The van der Waals surface area contributed by atoms with E-state index in [2.05, 4.69) is 22.9 Å². The SMILES string of the molecule is N#C/C(=C\c1scc2ccsc12)c1cccs1. The van der Waals surface area contributed by atoms with Crippen LogP contribution in [0.3, 0.4) is 0 Å². The average molecular weight is 273 g/mol. The van der Waals surface area contributed by atoms with Gasteiger partial charge in [0.15, 0.2) is 0 Å². The van der Waals surface area contributed by atoms with Crippen LogP contribution in [0.25, 0.3) is 21.7 Å². The zero-order valence-corrected chi connectivity index (χ0v) is 11.2. The minimum atomic E-state index is 0.747. The predicted octanol–water partition coefficient (Wildman–Crippen LogP) is 5.09. The van der Waals surface area contributed by atoms with Gasteiger partial charge in [0, 0.05) is 20.5 Å². The maximum atomic E-state index is 9.22. The van der Waals surface area contributed by atoms with E-state index in [1.165, 1.54) is 15.0 Å². The predicted molar refractivity (Wildman–Crippen MR) is 77.5 cm³/mol. The van der Waals surface area contributed by atoms with Crippen LogP contribution in [-0.4, -0.2) is 0 Å². The number of hydrogen-bond donors (Lipinski definition) is 0. The highest BCUT2D eigenvalue weighted by molar-refractivity contribution is 7.23. The first-order valence-corrected chi connectivity index (χ1v) is 7.63. The monoisotopic (exact) mass is 273 g/mol. The maximum Gasteiger partial charge on any atom is 0.101 e. The molecule has 1 nitrogen and oxygen atoms in total. The molecule has 0 aliphatic rings. The van der Waals surface area contributed by atoms with Crippen molar-refractivity contribution in [3.63, 3.8) is 0 Å². The summed E-state index contributed by atoms with van der Waals surface area (Å²) in [4.78, 5) is 2.21. The number of allylic oxidation sites excluding steroid dienone is 1. The quantitative estimate of drug-likeness (QED) is 0.597. The molecule has 0 amide bonds. The van der Waals surface area contributed by atoms with Gasteiger partial charge in [-0.25, -0.2) is 0 Å². The molecule has 3 heterocycles. The van der Waals surface area contributed by atoms with Crippen molar-refractivity contribution in [2.45, 2.75) is 0 Å². The molecule has 0 fully saturated rings. The molecule has 0 saturated carbocycles. The Kier molecular flexibility index (Phi) is 2.81. The van der Waals surface area contributed by atoms with Gasteiger partial charge in [-0.2, -0.15) is 5.26 Å². The Balaban J connectivity index is 2.12. The molecule has 4 heteroatoms. The summed E-state index contributed by atoms with van der Waals surface area (Å²) in [5, 5.41) is 16.7. The van der Waals surface area contributed by atoms with Crippen LogP contribution < -0.4 is 0 Å². The van der Waals surface area contributed by atoms with Crippen molar-refractivity contribution >= 4 is 55.7 Å². The number of nitrogens with zero attached hydrogens (tertiary/aromatic N) is 1. The molecule has 0 unspecified atom stereocenters. The molecule has 3 aromatic rings. The van der Waals surface area contributed by atoms with Crippen molar-refractivity contribution in [1.82, 2.24) is 0 Å². The second-order valence-electron chi connectivity index (χ2n) is 3.45. The van der Waals surface area contributed by atoms with Crippen LogP contribution in [0.1, 0.15) is 9.75 Å². The third kappa shape index (κ3) is 1.93. The van der Waals surface area contributed by atoms with E-state index in [-0.39, 0.29) is 0 Å². The summed E-state index contributed by atoms with van der Waals surface area (Å²) in [7, 11) is 0. The summed E-state index contributed by atoms with van der Waals surface area (Å²) in [6, 6.07) is 8.36. The summed E-state index contributed by atoms with van der Waals surface area (Å²) in [5.41, 5.74) is 0.747. The molecule has 0 atom stereocenters. The molecule has 0 aromatic carbocycles. The van der Waals surface area contributed by atoms with Gasteiger partial charge in [-0.1, -0.05) is 6.07 Å². The second-order valence-corrected chi connectivity index (χ2v) is 6.23. The molecule has 17 heavy (non-hydrogen) atoms. The second kappa shape index (κ2) is 4.46. The molecule has 0 aliphatic heterocycles. The smallest absolute Gasteiger partial charge is 0.101 e. The first kappa shape index (κ1) is 10.7. The Morgan fingerprint density at radius 3 is 2.88 bits per heavy atom. The lowest BCUT2D eigenvalue weighted by Gasteiger charge is -1.92. The Bertz CT molecular complexity index is 707. The highest BCUT2D eigenvalue weighted by atomic mass is 32.1. The number of hydrogen-bond acceptors (Lipinski definition) is 4. The van der Waals surface area contributed by atoms with Gasteiger partial charge in [0.1, 0.15) is 6.07 Å².